The summed E-state index contributed by atoms with van der Waals surface area (Å²) in [5, 5.41) is 7.93. The van der Waals surface area contributed by atoms with Crippen LogP contribution >= 0.6 is 11.6 Å². The molecule has 1 N–H and O–H groups in total. The summed E-state index contributed by atoms with van der Waals surface area (Å²) in [4.78, 5) is 11.9. The Morgan fingerprint density at radius 2 is 2.16 bits per heavy atom. The number of anilines is 1. The lowest BCUT2D eigenvalue weighted by molar-refractivity contribution is 0.639. The lowest BCUT2D eigenvalue weighted by Gasteiger charge is -2.08. The molecule has 19 heavy (non-hydrogen) atoms. The fourth-order valence-electron chi connectivity index (χ4n) is 1.71. The Balaban J connectivity index is 2.18. The van der Waals surface area contributed by atoms with Gasteiger partial charge in [0.2, 0.25) is 0 Å². The first-order valence-corrected chi connectivity index (χ1v) is 6.63. The molecule has 0 bridgehead atoms. The number of hydrogen-bond acceptors (Lipinski definition) is 3. The predicted molar refractivity (Wildman–Crippen MR) is 77.8 cm³/mol. The van der Waals surface area contributed by atoms with Crippen molar-refractivity contribution in [3.05, 3.63) is 57.5 Å². The van der Waals surface area contributed by atoms with Crippen molar-refractivity contribution in [3.63, 3.8) is 0 Å². The zero-order valence-electron chi connectivity index (χ0n) is 10.8. The number of aromatic nitrogens is 2. The molecule has 0 fully saturated rings. The minimum Gasteiger partial charge on any atom is -0.384 e. The average molecular weight is 278 g/mol. The number of nitrogens with zero attached hydrogens (tertiary/aromatic N) is 2. The smallest absolute Gasteiger partial charge is 0.269 e. The SMILES string of the molecule is CCCNc1cnn(Cc2ccccc2Cl)c(=O)c1. The van der Waals surface area contributed by atoms with Gasteiger partial charge in [0, 0.05) is 17.6 Å². The summed E-state index contributed by atoms with van der Waals surface area (Å²) >= 11 is 6.07. The molecule has 0 unspecified atom stereocenters. The number of hydrogen-bond donors (Lipinski definition) is 1. The highest BCUT2D eigenvalue weighted by Gasteiger charge is 2.04. The lowest BCUT2D eigenvalue weighted by atomic mass is 10.2. The summed E-state index contributed by atoms with van der Waals surface area (Å²) in [5.74, 6) is 0. The Morgan fingerprint density at radius 3 is 2.84 bits per heavy atom. The summed E-state index contributed by atoms with van der Waals surface area (Å²) in [7, 11) is 0. The van der Waals surface area contributed by atoms with E-state index < -0.39 is 0 Å². The van der Waals surface area contributed by atoms with Crippen LogP contribution in [0.4, 0.5) is 5.69 Å². The number of halogens is 1. The Bertz CT molecular complexity index is 610. The molecule has 5 heteroatoms. The molecule has 2 rings (SSSR count). The minimum atomic E-state index is -0.138. The highest BCUT2D eigenvalue weighted by Crippen LogP contribution is 2.15. The zero-order chi connectivity index (χ0) is 13.7. The molecule has 0 spiro atoms. The second-order valence-corrected chi connectivity index (χ2v) is 4.67. The number of rotatable bonds is 5. The maximum Gasteiger partial charge on any atom is 0.269 e. The summed E-state index contributed by atoms with van der Waals surface area (Å²) in [6.45, 7) is 3.28. The second kappa shape index (κ2) is 6.38. The molecule has 100 valence electrons. The normalized spacial score (nSPS) is 10.4. The topological polar surface area (TPSA) is 46.9 Å². The largest absolute Gasteiger partial charge is 0.384 e. The van der Waals surface area contributed by atoms with Crippen LogP contribution in [0.2, 0.25) is 5.02 Å². The molecule has 4 nitrogen and oxygen atoms in total. The summed E-state index contributed by atoms with van der Waals surface area (Å²) in [5.41, 5.74) is 1.50. The molecular weight excluding hydrogens is 262 g/mol. The van der Waals surface area contributed by atoms with Gasteiger partial charge in [-0.2, -0.15) is 5.10 Å². The van der Waals surface area contributed by atoms with E-state index in [-0.39, 0.29) is 5.56 Å². The fraction of sp³-hybridized carbons (Fsp3) is 0.286. The van der Waals surface area contributed by atoms with E-state index in [4.69, 9.17) is 11.6 Å². The van der Waals surface area contributed by atoms with E-state index in [0.29, 0.717) is 11.6 Å². The van der Waals surface area contributed by atoms with Gasteiger partial charge in [-0.1, -0.05) is 36.7 Å². The van der Waals surface area contributed by atoms with Crippen molar-refractivity contribution in [3.8, 4) is 0 Å². The van der Waals surface area contributed by atoms with Gasteiger partial charge in [0.15, 0.2) is 0 Å². The van der Waals surface area contributed by atoms with Crippen LogP contribution in [0.5, 0.6) is 0 Å². The Morgan fingerprint density at radius 1 is 1.37 bits per heavy atom. The van der Waals surface area contributed by atoms with Gasteiger partial charge in [0.05, 0.1) is 18.4 Å². The van der Waals surface area contributed by atoms with Gasteiger partial charge in [0.25, 0.3) is 5.56 Å². The monoisotopic (exact) mass is 277 g/mol. The summed E-state index contributed by atoms with van der Waals surface area (Å²) in [6.07, 6.45) is 2.66. The van der Waals surface area contributed by atoms with Crippen LogP contribution in [0.25, 0.3) is 0 Å². The van der Waals surface area contributed by atoms with Crippen LogP contribution in [-0.4, -0.2) is 16.3 Å². The Hall–Kier alpha value is -1.81. The quantitative estimate of drug-likeness (QED) is 0.914. The molecule has 0 saturated carbocycles. The van der Waals surface area contributed by atoms with E-state index in [9.17, 15) is 4.79 Å². The van der Waals surface area contributed by atoms with Crippen molar-refractivity contribution >= 4 is 17.3 Å². The van der Waals surface area contributed by atoms with E-state index in [2.05, 4.69) is 17.3 Å². The maximum atomic E-state index is 11.9. The van der Waals surface area contributed by atoms with Gasteiger partial charge in [-0.3, -0.25) is 4.79 Å². The van der Waals surface area contributed by atoms with E-state index in [1.807, 2.05) is 18.2 Å². The Labute approximate surface area is 117 Å². The van der Waals surface area contributed by atoms with Crippen LogP contribution in [0.1, 0.15) is 18.9 Å². The number of benzene rings is 1. The molecule has 1 aromatic carbocycles. The lowest BCUT2D eigenvalue weighted by Crippen LogP contribution is -2.23. The van der Waals surface area contributed by atoms with Crippen molar-refractivity contribution in [2.45, 2.75) is 19.9 Å². The highest BCUT2D eigenvalue weighted by atomic mass is 35.5. The average Bonchev–Trinajstić information content (AvgIpc) is 2.41. The molecule has 0 atom stereocenters. The number of nitrogens with one attached hydrogen (secondary N) is 1. The predicted octanol–water partition coefficient (Wildman–Crippen LogP) is 2.77. The molecule has 1 aromatic heterocycles. The van der Waals surface area contributed by atoms with Crippen molar-refractivity contribution < 1.29 is 0 Å². The third-order valence-corrected chi connectivity index (χ3v) is 3.10. The van der Waals surface area contributed by atoms with Gasteiger partial charge in [-0.05, 0) is 18.1 Å². The van der Waals surface area contributed by atoms with Gasteiger partial charge < -0.3 is 5.32 Å². The summed E-state index contributed by atoms with van der Waals surface area (Å²) < 4.78 is 1.40. The van der Waals surface area contributed by atoms with E-state index in [1.165, 1.54) is 4.68 Å². The molecule has 0 aliphatic heterocycles. The first-order chi connectivity index (χ1) is 9.20. The van der Waals surface area contributed by atoms with Gasteiger partial charge in [-0.25, -0.2) is 4.68 Å². The maximum absolute atomic E-state index is 11.9. The van der Waals surface area contributed by atoms with Crippen molar-refractivity contribution in [1.82, 2.24) is 9.78 Å². The van der Waals surface area contributed by atoms with E-state index in [1.54, 1.807) is 18.3 Å². The van der Waals surface area contributed by atoms with Crippen LogP contribution in [0.3, 0.4) is 0 Å². The standard InChI is InChI=1S/C14H16ClN3O/c1-2-7-16-12-8-14(19)18(17-9-12)10-11-5-3-4-6-13(11)15/h3-6,8-9,16H,2,7,10H2,1H3. The van der Waals surface area contributed by atoms with Crippen LogP contribution in [0, 0.1) is 0 Å². The molecule has 0 radical (unpaired) electrons. The summed E-state index contributed by atoms with van der Waals surface area (Å²) in [6, 6.07) is 9.00. The van der Waals surface area contributed by atoms with Gasteiger partial charge >= 0.3 is 0 Å². The third-order valence-electron chi connectivity index (χ3n) is 2.73. The molecule has 0 aliphatic rings. The van der Waals surface area contributed by atoms with Gasteiger partial charge in [0.1, 0.15) is 0 Å². The zero-order valence-corrected chi connectivity index (χ0v) is 11.5. The van der Waals surface area contributed by atoms with Gasteiger partial charge in [-0.15, -0.1) is 0 Å². The second-order valence-electron chi connectivity index (χ2n) is 4.26. The molecule has 2 aromatic rings. The van der Waals surface area contributed by atoms with Crippen molar-refractivity contribution in [2.75, 3.05) is 11.9 Å². The molecule has 0 amide bonds. The van der Waals surface area contributed by atoms with Crippen LogP contribution in [-0.2, 0) is 6.54 Å². The van der Waals surface area contributed by atoms with Crippen LogP contribution in [0.15, 0.2) is 41.3 Å². The minimum absolute atomic E-state index is 0.138. The fourth-order valence-corrected chi connectivity index (χ4v) is 1.90. The first-order valence-electron chi connectivity index (χ1n) is 6.25. The van der Waals surface area contributed by atoms with E-state index >= 15 is 0 Å². The van der Waals surface area contributed by atoms with E-state index in [0.717, 1.165) is 24.2 Å². The molecular formula is C14H16ClN3O. The molecule has 1 heterocycles. The highest BCUT2D eigenvalue weighted by molar-refractivity contribution is 6.31. The first kappa shape index (κ1) is 13.6. The van der Waals surface area contributed by atoms with Crippen molar-refractivity contribution in [2.24, 2.45) is 0 Å². The molecule has 0 aliphatic carbocycles. The van der Waals surface area contributed by atoms with Crippen LogP contribution < -0.4 is 10.9 Å². The third kappa shape index (κ3) is 3.58. The van der Waals surface area contributed by atoms with Crippen molar-refractivity contribution in [1.29, 1.82) is 0 Å². The Kier molecular flexibility index (Phi) is 4.58. The molecule has 0 saturated heterocycles.